The van der Waals surface area contributed by atoms with E-state index in [1.807, 2.05) is 19.2 Å². The van der Waals surface area contributed by atoms with Crippen molar-refractivity contribution >= 4 is 45.8 Å². The predicted molar refractivity (Wildman–Crippen MR) is 91.3 cm³/mol. The summed E-state index contributed by atoms with van der Waals surface area (Å²) in [7, 11) is 1.93. The normalized spacial score (nSPS) is 12.5. The van der Waals surface area contributed by atoms with Crippen molar-refractivity contribution in [2.75, 3.05) is 7.05 Å². The van der Waals surface area contributed by atoms with E-state index in [9.17, 15) is 0 Å². The molecule has 0 aliphatic rings. The summed E-state index contributed by atoms with van der Waals surface area (Å²) in [6.07, 6.45) is 0. The van der Waals surface area contributed by atoms with Crippen LogP contribution in [-0.4, -0.2) is 7.05 Å². The van der Waals surface area contributed by atoms with E-state index >= 15 is 0 Å². The van der Waals surface area contributed by atoms with Crippen molar-refractivity contribution in [2.24, 2.45) is 0 Å². The van der Waals surface area contributed by atoms with Crippen LogP contribution in [0.25, 0.3) is 0 Å². The molecule has 0 saturated carbocycles. The zero-order valence-electron chi connectivity index (χ0n) is 10.7. The van der Waals surface area contributed by atoms with Crippen LogP contribution in [0, 0.1) is 10.5 Å². The van der Waals surface area contributed by atoms with Crippen LogP contribution in [0.5, 0.6) is 0 Å². The lowest BCUT2D eigenvalue weighted by Gasteiger charge is -2.21. The Bertz CT molecular complexity index is 547. The van der Waals surface area contributed by atoms with Gasteiger partial charge in [0.25, 0.3) is 0 Å². The standard InChI is InChI=1S/C15H14Cl2IN/c1-9-5-3-7-11(14(9)18)15(19-2)10-6-4-8-12(16)13(10)17/h3-8,15,19H,1-2H3. The molecule has 1 atom stereocenters. The second kappa shape index (κ2) is 6.44. The van der Waals surface area contributed by atoms with E-state index in [4.69, 9.17) is 23.2 Å². The number of hydrogen-bond donors (Lipinski definition) is 1. The van der Waals surface area contributed by atoms with Gasteiger partial charge in [-0.15, -0.1) is 0 Å². The Kier molecular flexibility index (Phi) is 5.12. The van der Waals surface area contributed by atoms with E-state index in [1.165, 1.54) is 14.7 Å². The molecular weight excluding hydrogens is 392 g/mol. The van der Waals surface area contributed by atoms with E-state index in [1.54, 1.807) is 6.07 Å². The van der Waals surface area contributed by atoms with Gasteiger partial charge >= 0.3 is 0 Å². The minimum absolute atomic E-state index is 0.0398. The van der Waals surface area contributed by atoms with Crippen LogP contribution >= 0.6 is 45.8 Å². The van der Waals surface area contributed by atoms with Crippen molar-refractivity contribution in [1.82, 2.24) is 5.32 Å². The van der Waals surface area contributed by atoms with Gasteiger partial charge in [-0.2, -0.15) is 0 Å². The molecule has 0 aromatic heterocycles. The Morgan fingerprint density at radius 1 is 1.05 bits per heavy atom. The Balaban J connectivity index is 2.57. The summed E-state index contributed by atoms with van der Waals surface area (Å²) in [5.41, 5.74) is 3.48. The third-order valence-electron chi connectivity index (χ3n) is 3.11. The molecule has 0 bridgehead atoms. The second-order valence-corrected chi connectivity index (χ2v) is 6.21. The molecule has 4 heteroatoms. The first-order valence-electron chi connectivity index (χ1n) is 5.92. The number of aryl methyl sites for hydroxylation is 1. The summed E-state index contributed by atoms with van der Waals surface area (Å²) >= 11 is 14.8. The van der Waals surface area contributed by atoms with Crippen molar-refractivity contribution in [2.45, 2.75) is 13.0 Å². The highest BCUT2D eigenvalue weighted by molar-refractivity contribution is 14.1. The van der Waals surface area contributed by atoms with Gasteiger partial charge in [0.1, 0.15) is 0 Å². The minimum Gasteiger partial charge on any atom is -0.309 e. The molecular formula is C15H14Cl2IN. The second-order valence-electron chi connectivity index (χ2n) is 4.34. The van der Waals surface area contributed by atoms with E-state index < -0.39 is 0 Å². The van der Waals surface area contributed by atoms with E-state index in [-0.39, 0.29) is 6.04 Å². The van der Waals surface area contributed by atoms with E-state index in [0.717, 1.165) is 5.56 Å². The zero-order chi connectivity index (χ0) is 14.0. The van der Waals surface area contributed by atoms with Crippen molar-refractivity contribution in [3.63, 3.8) is 0 Å². The number of nitrogens with one attached hydrogen (secondary N) is 1. The molecule has 0 radical (unpaired) electrons. The maximum absolute atomic E-state index is 6.33. The molecule has 1 unspecified atom stereocenters. The SMILES string of the molecule is CNC(c1cccc(Cl)c1Cl)c1cccc(C)c1I. The highest BCUT2D eigenvalue weighted by Gasteiger charge is 2.19. The summed E-state index contributed by atoms with van der Waals surface area (Å²) in [6.45, 7) is 2.11. The van der Waals surface area contributed by atoms with Crippen LogP contribution in [0.3, 0.4) is 0 Å². The van der Waals surface area contributed by atoms with Gasteiger partial charge in [-0.1, -0.05) is 53.5 Å². The summed E-state index contributed by atoms with van der Waals surface area (Å²) in [4.78, 5) is 0. The van der Waals surface area contributed by atoms with Crippen molar-refractivity contribution < 1.29 is 0 Å². The first-order chi connectivity index (χ1) is 9.06. The van der Waals surface area contributed by atoms with E-state index in [2.05, 4.69) is 53.0 Å². The fourth-order valence-electron chi connectivity index (χ4n) is 2.12. The molecule has 0 fully saturated rings. The summed E-state index contributed by atoms with van der Waals surface area (Å²) in [5, 5.41) is 4.52. The quantitative estimate of drug-likeness (QED) is 0.690. The number of rotatable bonds is 3. The van der Waals surface area contributed by atoms with Crippen molar-refractivity contribution in [3.05, 3.63) is 66.7 Å². The van der Waals surface area contributed by atoms with Crippen LogP contribution in [0.4, 0.5) is 0 Å². The van der Waals surface area contributed by atoms with Gasteiger partial charge in [0.2, 0.25) is 0 Å². The molecule has 0 spiro atoms. The Morgan fingerprint density at radius 2 is 1.68 bits per heavy atom. The zero-order valence-corrected chi connectivity index (χ0v) is 14.3. The molecule has 2 aromatic rings. The Labute approximate surface area is 137 Å². The summed E-state index contributed by atoms with van der Waals surface area (Å²) in [5.74, 6) is 0. The molecule has 0 saturated heterocycles. The third-order valence-corrected chi connectivity index (χ3v) is 5.42. The number of benzene rings is 2. The maximum Gasteiger partial charge on any atom is 0.0643 e. The average molecular weight is 406 g/mol. The molecule has 19 heavy (non-hydrogen) atoms. The van der Waals surface area contributed by atoms with Gasteiger partial charge in [0.05, 0.1) is 16.1 Å². The van der Waals surface area contributed by atoms with E-state index in [0.29, 0.717) is 10.0 Å². The lowest BCUT2D eigenvalue weighted by Crippen LogP contribution is -2.19. The third kappa shape index (κ3) is 3.07. The number of halogens is 3. The van der Waals surface area contributed by atoms with Gasteiger partial charge in [-0.25, -0.2) is 0 Å². The lowest BCUT2D eigenvalue weighted by atomic mass is 9.97. The van der Waals surface area contributed by atoms with Crippen LogP contribution in [-0.2, 0) is 0 Å². The molecule has 2 rings (SSSR count). The largest absolute Gasteiger partial charge is 0.309 e. The van der Waals surface area contributed by atoms with Crippen molar-refractivity contribution in [3.8, 4) is 0 Å². The van der Waals surface area contributed by atoms with Gasteiger partial charge in [0, 0.05) is 3.57 Å². The van der Waals surface area contributed by atoms with Gasteiger partial charge in [0.15, 0.2) is 0 Å². The number of hydrogen-bond acceptors (Lipinski definition) is 1. The predicted octanol–water partition coefficient (Wildman–Crippen LogP) is 5.22. The lowest BCUT2D eigenvalue weighted by molar-refractivity contribution is 0.688. The summed E-state index contributed by atoms with van der Waals surface area (Å²) < 4.78 is 1.25. The van der Waals surface area contributed by atoms with Gasteiger partial charge < -0.3 is 5.32 Å². The van der Waals surface area contributed by atoms with Crippen LogP contribution in [0.15, 0.2) is 36.4 Å². The van der Waals surface area contributed by atoms with Crippen molar-refractivity contribution in [1.29, 1.82) is 0 Å². The van der Waals surface area contributed by atoms with Crippen LogP contribution in [0.1, 0.15) is 22.7 Å². The first kappa shape index (κ1) is 15.1. The molecule has 0 aliphatic heterocycles. The molecule has 0 heterocycles. The van der Waals surface area contributed by atoms with Crippen LogP contribution in [0.2, 0.25) is 10.0 Å². The van der Waals surface area contributed by atoms with Crippen LogP contribution < -0.4 is 5.32 Å². The molecule has 1 nitrogen and oxygen atoms in total. The minimum atomic E-state index is 0.0398. The topological polar surface area (TPSA) is 12.0 Å². The fraction of sp³-hybridized carbons (Fsp3) is 0.200. The molecule has 0 aliphatic carbocycles. The summed E-state index contributed by atoms with van der Waals surface area (Å²) in [6, 6.07) is 12.1. The average Bonchev–Trinajstić information content (AvgIpc) is 2.40. The molecule has 1 N–H and O–H groups in total. The Morgan fingerprint density at radius 3 is 2.37 bits per heavy atom. The monoisotopic (exact) mass is 405 g/mol. The van der Waals surface area contributed by atoms with Gasteiger partial charge in [-0.05, 0) is 59.3 Å². The highest BCUT2D eigenvalue weighted by atomic mass is 127. The first-order valence-corrected chi connectivity index (χ1v) is 7.76. The molecule has 2 aromatic carbocycles. The highest BCUT2D eigenvalue weighted by Crippen LogP contribution is 2.35. The smallest absolute Gasteiger partial charge is 0.0643 e. The Hall–Kier alpha value is -0.290. The van der Waals surface area contributed by atoms with Gasteiger partial charge in [-0.3, -0.25) is 0 Å². The fourth-order valence-corrected chi connectivity index (χ4v) is 3.20. The molecule has 100 valence electrons. The maximum atomic E-state index is 6.33. The molecule has 0 amide bonds.